The average molecular weight is 360 g/mol. The van der Waals surface area contributed by atoms with Gasteiger partial charge in [-0.3, -0.25) is 9.79 Å². The quantitative estimate of drug-likeness (QED) is 0.890. The lowest BCUT2D eigenvalue weighted by Crippen LogP contribution is -2.46. The van der Waals surface area contributed by atoms with E-state index in [1.807, 2.05) is 35.4 Å². The lowest BCUT2D eigenvalue weighted by atomic mass is 9.88. The Morgan fingerprint density at radius 1 is 1.07 bits per heavy atom. The van der Waals surface area contributed by atoms with Crippen molar-refractivity contribution in [3.05, 3.63) is 64.2 Å². The number of benzene rings is 2. The molecular formula is C22H20N2O3. The van der Waals surface area contributed by atoms with Crippen molar-refractivity contribution in [3.8, 4) is 0 Å². The van der Waals surface area contributed by atoms with E-state index in [0.29, 0.717) is 17.0 Å². The highest BCUT2D eigenvalue weighted by Gasteiger charge is 2.41. The molecule has 0 radical (unpaired) electrons. The van der Waals surface area contributed by atoms with E-state index in [0.717, 1.165) is 49.0 Å². The normalized spacial score (nSPS) is 22.3. The number of fused-ring (bicyclic) bond motifs is 4. The van der Waals surface area contributed by atoms with Crippen LogP contribution in [0.15, 0.2) is 41.4 Å². The summed E-state index contributed by atoms with van der Waals surface area (Å²) in [7, 11) is 0. The number of aromatic carboxylic acids is 1. The first-order valence-electron chi connectivity index (χ1n) is 9.44. The van der Waals surface area contributed by atoms with Crippen molar-refractivity contribution in [1.29, 1.82) is 0 Å². The second-order valence-corrected chi connectivity index (χ2v) is 7.60. The van der Waals surface area contributed by atoms with Gasteiger partial charge >= 0.3 is 5.97 Å². The fraction of sp³-hybridized carbons (Fsp3) is 0.318. The van der Waals surface area contributed by atoms with Crippen molar-refractivity contribution in [3.63, 3.8) is 0 Å². The van der Waals surface area contributed by atoms with Crippen LogP contribution in [0.2, 0.25) is 0 Å². The number of hydrogen-bond donors (Lipinski definition) is 1. The van der Waals surface area contributed by atoms with Gasteiger partial charge in [-0.25, -0.2) is 4.79 Å². The summed E-state index contributed by atoms with van der Waals surface area (Å²) in [4.78, 5) is 30.9. The molecule has 1 saturated heterocycles. The second kappa shape index (κ2) is 6.05. The molecule has 1 unspecified atom stereocenters. The fourth-order valence-electron chi connectivity index (χ4n) is 4.82. The number of carbonyl (C=O) groups excluding carboxylic acids is 1. The maximum Gasteiger partial charge on any atom is 0.335 e. The van der Waals surface area contributed by atoms with Gasteiger partial charge in [0.25, 0.3) is 5.91 Å². The molecule has 5 heteroatoms. The van der Waals surface area contributed by atoms with Crippen molar-refractivity contribution in [2.75, 3.05) is 6.54 Å². The molecule has 2 aromatic rings. The molecule has 5 rings (SSSR count). The van der Waals surface area contributed by atoms with Crippen molar-refractivity contribution in [1.82, 2.24) is 4.90 Å². The van der Waals surface area contributed by atoms with Crippen LogP contribution >= 0.6 is 0 Å². The van der Waals surface area contributed by atoms with Crippen LogP contribution in [-0.4, -0.2) is 40.7 Å². The zero-order valence-electron chi connectivity index (χ0n) is 14.9. The minimum absolute atomic E-state index is 0.0564. The smallest absolute Gasteiger partial charge is 0.335 e. The van der Waals surface area contributed by atoms with Crippen LogP contribution in [0, 0.1) is 0 Å². The molecule has 2 aromatic carbocycles. The number of carboxylic acids is 1. The number of likely N-dealkylation sites (tertiary alicyclic amines) is 1. The molecule has 1 aliphatic carbocycles. The zero-order chi connectivity index (χ0) is 18.5. The van der Waals surface area contributed by atoms with Crippen molar-refractivity contribution in [2.24, 2.45) is 4.99 Å². The number of rotatable bonds is 2. The maximum atomic E-state index is 13.2. The van der Waals surface area contributed by atoms with Crippen LogP contribution in [0.25, 0.3) is 0 Å². The molecule has 1 N–H and O–H groups in total. The number of nitrogens with zero attached hydrogens (tertiary/aromatic N) is 2. The number of amides is 1. The summed E-state index contributed by atoms with van der Waals surface area (Å²) < 4.78 is 0. The molecule has 0 spiro atoms. The van der Waals surface area contributed by atoms with Crippen LogP contribution in [0.4, 0.5) is 5.69 Å². The van der Waals surface area contributed by atoms with E-state index in [1.165, 1.54) is 5.56 Å². The molecule has 0 saturated carbocycles. The third-order valence-electron chi connectivity index (χ3n) is 6.13. The summed E-state index contributed by atoms with van der Waals surface area (Å²) >= 11 is 0. The molecule has 1 fully saturated rings. The van der Waals surface area contributed by atoms with Gasteiger partial charge in [-0.05, 0) is 60.2 Å². The number of carbonyl (C=O) groups is 2. The maximum absolute atomic E-state index is 13.2. The summed E-state index contributed by atoms with van der Waals surface area (Å²) in [5.41, 5.74) is 5.36. The van der Waals surface area contributed by atoms with E-state index in [9.17, 15) is 14.7 Å². The SMILES string of the molecule is O=C(O)c1ccc2c(c1)C[C@H]1C2CCCN1C(=O)c1ccc2c(c1)N=CC2. The van der Waals surface area contributed by atoms with Gasteiger partial charge in [0, 0.05) is 36.7 Å². The Hall–Kier alpha value is -2.95. The first-order chi connectivity index (χ1) is 13.1. The summed E-state index contributed by atoms with van der Waals surface area (Å²) in [5, 5.41) is 9.26. The summed E-state index contributed by atoms with van der Waals surface area (Å²) in [6.45, 7) is 0.750. The van der Waals surface area contributed by atoms with Crippen molar-refractivity contribution >= 4 is 23.8 Å². The van der Waals surface area contributed by atoms with Gasteiger partial charge in [-0.1, -0.05) is 12.1 Å². The van der Waals surface area contributed by atoms with Crippen LogP contribution in [0.1, 0.15) is 56.2 Å². The molecule has 3 aliphatic rings. The standard InChI is InChI=1S/C22H20N2O3/c25-21(14-4-3-13-7-8-23-19(13)11-14)24-9-1-2-18-17-6-5-15(22(26)27)10-16(17)12-20(18)24/h3-6,8,10-11,18,20H,1-2,7,9,12H2,(H,26,27)/t18?,20-/m0/s1. The predicted octanol–water partition coefficient (Wildman–Crippen LogP) is 3.59. The van der Waals surface area contributed by atoms with E-state index >= 15 is 0 Å². The van der Waals surface area contributed by atoms with Crippen molar-refractivity contribution < 1.29 is 14.7 Å². The molecule has 5 nitrogen and oxygen atoms in total. The van der Waals surface area contributed by atoms with E-state index in [4.69, 9.17) is 0 Å². The highest BCUT2D eigenvalue weighted by atomic mass is 16.4. The van der Waals surface area contributed by atoms with E-state index in [1.54, 1.807) is 12.1 Å². The zero-order valence-corrected chi connectivity index (χ0v) is 14.9. The molecule has 2 atom stereocenters. The van der Waals surface area contributed by atoms with Crippen LogP contribution < -0.4 is 0 Å². The largest absolute Gasteiger partial charge is 0.478 e. The van der Waals surface area contributed by atoms with Gasteiger partial charge in [-0.15, -0.1) is 0 Å². The minimum Gasteiger partial charge on any atom is -0.478 e. The number of hydrogen-bond acceptors (Lipinski definition) is 3. The van der Waals surface area contributed by atoms with E-state index < -0.39 is 5.97 Å². The summed E-state index contributed by atoms with van der Waals surface area (Å²) in [6.07, 6.45) is 5.46. The molecule has 136 valence electrons. The second-order valence-electron chi connectivity index (χ2n) is 7.60. The summed E-state index contributed by atoms with van der Waals surface area (Å²) in [5.74, 6) is -0.548. The van der Waals surface area contributed by atoms with Crippen LogP contribution in [-0.2, 0) is 12.8 Å². The Bertz CT molecular complexity index is 995. The fourth-order valence-corrected chi connectivity index (χ4v) is 4.82. The Kier molecular flexibility index (Phi) is 3.64. The topological polar surface area (TPSA) is 70.0 Å². The van der Waals surface area contributed by atoms with Gasteiger partial charge < -0.3 is 10.0 Å². The monoisotopic (exact) mass is 360 g/mol. The number of carboxylic acid groups (broad SMARTS) is 1. The Balaban J connectivity index is 1.45. The molecule has 1 amide bonds. The van der Waals surface area contributed by atoms with Crippen molar-refractivity contribution in [2.45, 2.75) is 37.6 Å². The molecule has 0 bridgehead atoms. The highest BCUT2D eigenvalue weighted by molar-refractivity contribution is 5.96. The first kappa shape index (κ1) is 16.2. The van der Waals surface area contributed by atoms with Gasteiger partial charge in [0.05, 0.1) is 11.3 Å². The first-order valence-corrected chi connectivity index (χ1v) is 9.44. The number of aliphatic imine (C=N–C) groups is 1. The Morgan fingerprint density at radius 3 is 2.78 bits per heavy atom. The summed E-state index contributed by atoms with van der Waals surface area (Å²) in [6, 6.07) is 11.3. The highest BCUT2D eigenvalue weighted by Crippen LogP contribution is 2.43. The molecule has 2 heterocycles. The predicted molar refractivity (Wildman–Crippen MR) is 102 cm³/mol. The third-order valence-corrected chi connectivity index (χ3v) is 6.13. The van der Waals surface area contributed by atoms with Crippen LogP contribution in [0.5, 0.6) is 0 Å². The Morgan fingerprint density at radius 2 is 1.93 bits per heavy atom. The van der Waals surface area contributed by atoms with Gasteiger partial charge in [0.15, 0.2) is 0 Å². The Labute approximate surface area is 157 Å². The van der Waals surface area contributed by atoms with Crippen LogP contribution in [0.3, 0.4) is 0 Å². The molecule has 27 heavy (non-hydrogen) atoms. The average Bonchev–Trinajstić information content (AvgIpc) is 3.30. The van der Waals surface area contributed by atoms with E-state index in [-0.39, 0.29) is 11.9 Å². The van der Waals surface area contributed by atoms with Gasteiger partial charge in [-0.2, -0.15) is 0 Å². The van der Waals surface area contributed by atoms with E-state index in [2.05, 4.69) is 4.99 Å². The third kappa shape index (κ3) is 2.57. The molecular weight excluding hydrogens is 340 g/mol. The van der Waals surface area contributed by atoms with Gasteiger partial charge in [0.1, 0.15) is 0 Å². The molecule has 2 aliphatic heterocycles. The molecule has 0 aromatic heterocycles. The number of piperidine rings is 1. The van der Waals surface area contributed by atoms with Gasteiger partial charge in [0.2, 0.25) is 0 Å². The lowest BCUT2D eigenvalue weighted by Gasteiger charge is -2.38. The minimum atomic E-state index is -0.903. The lowest BCUT2D eigenvalue weighted by molar-refractivity contribution is 0.0594.